The van der Waals surface area contributed by atoms with Crippen LogP contribution in [0.15, 0.2) is 72.4 Å². The number of unbranched alkanes of at least 4 members (excludes halogenated alkanes) is 1. The molecule has 0 saturated heterocycles. The third-order valence-electron chi connectivity index (χ3n) is 7.70. The second kappa shape index (κ2) is 31.3. The van der Waals surface area contributed by atoms with Crippen molar-refractivity contribution in [2.75, 3.05) is 6.61 Å². The van der Waals surface area contributed by atoms with E-state index in [9.17, 15) is 4.79 Å². The Morgan fingerprint density at radius 3 is 1.63 bits per heavy atom. The lowest BCUT2D eigenvalue weighted by atomic mass is 9.91. The average molecular weight is 597 g/mol. The number of hydrogen-bond acceptors (Lipinski definition) is 3. The quantitative estimate of drug-likeness (QED) is 0.0390. The molecule has 0 aliphatic rings. The maximum Gasteiger partial charge on any atom is 0.342 e. The lowest BCUT2D eigenvalue weighted by Crippen LogP contribution is -2.05. The summed E-state index contributed by atoms with van der Waals surface area (Å²) >= 11 is 0. The average Bonchev–Trinajstić information content (AvgIpc) is 2.96. The van der Waals surface area contributed by atoms with Crippen LogP contribution in [0.2, 0.25) is 0 Å². The molecule has 0 heterocycles. The third-order valence-corrected chi connectivity index (χ3v) is 7.70. The van der Waals surface area contributed by atoms with Crippen LogP contribution in [0.5, 0.6) is 0 Å². The SMILES string of the molecule is CC/C=C\C/C=C\C/C=C\C/C=C\C/C=C\CCCC(=O)OOC/C=C(\C)CCCC(C)CCCC(C)CCCC(C)C. The Balaban J connectivity index is 3.70. The van der Waals surface area contributed by atoms with Gasteiger partial charge in [-0.15, -0.1) is 0 Å². The van der Waals surface area contributed by atoms with Gasteiger partial charge in [0.15, 0.2) is 0 Å². The molecule has 0 aromatic heterocycles. The lowest BCUT2D eigenvalue weighted by Gasteiger charge is -2.15. The van der Waals surface area contributed by atoms with Crippen LogP contribution in [0.25, 0.3) is 0 Å². The fourth-order valence-electron chi connectivity index (χ4n) is 4.86. The highest BCUT2D eigenvalue weighted by molar-refractivity contribution is 5.68. The van der Waals surface area contributed by atoms with Crippen LogP contribution in [-0.4, -0.2) is 12.6 Å². The van der Waals surface area contributed by atoms with Gasteiger partial charge in [-0.25, -0.2) is 4.79 Å². The molecule has 2 atom stereocenters. The summed E-state index contributed by atoms with van der Waals surface area (Å²) < 4.78 is 0. The van der Waals surface area contributed by atoms with Gasteiger partial charge in [0.25, 0.3) is 0 Å². The first-order valence-electron chi connectivity index (χ1n) is 17.6. The van der Waals surface area contributed by atoms with Crippen molar-refractivity contribution < 1.29 is 14.6 Å². The first-order chi connectivity index (χ1) is 20.8. The van der Waals surface area contributed by atoms with E-state index >= 15 is 0 Å². The van der Waals surface area contributed by atoms with E-state index in [1.165, 1.54) is 56.9 Å². The maximum absolute atomic E-state index is 11.9. The van der Waals surface area contributed by atoms with Gasteiger partial charge in [0, 0.05) is 6.42 Å². The fraction of sp³-hybridized carbons (Fsp3) is 0.675. The summed E-state index contributed by atoms with van der Waals surface area (Å²) in [5.74, 6) is 2.21. The van der Waals surface area contributed by atoms with E-state index in [1.54, 1.807) is 0 Å². The second-order valence-electron chi connectivity index (χ2n) is 12.7. The van der Waals surface area contributed by atoms with Crippen molar-refractivity contribution in [3.05, 3.63) is 72.4 Å². The largest absolute Gasteiger partial charge is 0.342 e. The van der Waals surface area contributed by atoms with E-state index < -0.39 is 0 Å². The van der Waals surface area contributed by atoms with Crippen molar-refractivity contribution >= 4 is 5.97 Å². The molecule has 0 bridgehead atoms. The Hall–Kier alpha value is -2.13. The zero-order valence-corrected chi connectivity index (χ0v) is 29.0. The minimum absolute atomic E-state index is 0.290. The Morgan fingerprint density at radius 1 is 0.605 bits per heavy atom. The molecule has 0 aromatic rings. The van der Waals surface area contributed by atoms with Gasteiger partial charge in [-0.05, 0) is 82.5 Å². The Labute approximate surface area is 267 Å². The smallest absolute Gasteiger partial charge is 0.298 e. The molecule has 246 valence electrons. The number of carbonyl (C=O) groups is 1. The van der Waals surface area contributed by atoms with Crippen LogP contribution in [0.3, 0.4) is 0 Å². The van der Waals surface area contributed by atoms with E-state index in [-0.39, 0.29) is 5.97 Å². The summed E-state index contributed by atoms with van der Waals surface area (Å²) in [6, 6.07) is 0. The second-order valence-corrected chi connectivity index (χ2v) is 12.7. The molecule has 0 aliphatic carbocycles. The van der Waals surface area contributed by atoms with Gasteiger partial charge in [0.1, 0.15) is 6.61 Å². The molecule has 0 rings (SSSR count). The Morgan fingerprint density at radius 2 is 1.09 bits per heavy atom. The van der Waals surface area contributed by atoms with Crippen molar-refractivity contribution in [1.29, 1.82) is 0 Å². The van der Waals surface area contributed by atoms with E-state index in [2.05, 4.69) is 102 Å². The standard InChI is InChI=1S/C40H68O3/c1-7-8-9-10-11-12-13-14-15-16-17-18-19-20-21-22-23-33-40(41)43-42-35-34-39(6)32-26-31-38(5)30-25-29-37(4)28-24-27-36(2)3/h8-9,11-12,14-15,17-18,20-21,34,36-38H,7,10,13,16,19,22-33,35H2,1-6H3/b9-8-,12-11-,15-14-,18-17-,21-20-,39-34+. The summed E-state index contributed by atoms with van der Waals surface area (Å²) in [4.78, 5) is 21.9. The van der Waals surface area contributed by atoms with E-state index in [1.807, 2.05) is 6.08 Å². The molecule has 3 heteroatoms. The highest BCUT2D eigenvalue weighted by Gasteiger charge is 2.07. The summed E-state index contributed by atoms with van der Waals surface area (Å²) in [6.07, 6.45) is 42.8. The Bertz CT molecular complexity index is 812. The van der Waals surface area contributed by atoms with E-state index in [4.69, 9.17) is 9.78 Å². The molecule has 0 fully saturated rings. The van der Waals surface area contributed by atoms with E-state index in [0.29, 0.717) is 13.0 Å². The van der Waals surface area contributed by atoms with Crippen LogP contribution < -0.4 is 0 Å². The zero-order valence-electron chi connectivity index (χ0n) is 29.0. The van der Waals surface area contributed by atoms with Crippen LogP contribution in [-0.2, 0) is 14.6 Å². The van der Waals surface area contributed by atoms with Crippen LogP contribution >= 0.6 is 0 Å². The topological polar surface area (TPSA) is 35.5 Å². The maximum atomic E-state index is 11.9. The van der Waals surface area contributed by atoms with Gasteiger partial charge < -0.3 is 0 Å². The minimum atomic E-state index is -0.290. The van der Waals surface area contributed by atoms with Crippen molar-refractivity contribution in [3.8, 4) is 0 Å². The highest BCUT2D eigenvalue weighted by atomic mass is 17.2. The highest BCUT2D eigenvalue weighted by Crippen LogP contribution is 2.22. The van der Waals surface area contributed by atoms with Crippen molar-refractivity contribution in [1.82, 2.24) is 0 Å². The number of hydrogen-bond donors (Lipinski definition) is 0. The molecule has 0 N–H and O–H groups in total. The summed E-state index contributed by atoms with van der Waals surface area (Å²) in [7, 11) is 0. The zero-order chi connectivity index (χ0) is 31.8. The predicted molar refractivity (Wildman–Crippen MR) is 189 cm³/mol. The fourth-order valence-corrected chi connectivity index (χ4v) is 4.86. The van der Waals surface area contributed by atoms with Gasteiger partial charge in [0.05, 0.1) is 0 Å². The third kappa shape index (κ3) is 32.6. The monoisotopic (exact) mass is 597 g/mol. The molecule has 0 radical (unpaired) electrons. The number of rotatable bonds is 28. The van der Waals surface area contributed by atoms with Gasteiger partial charge in [0.2, 0.25) is 0 Å². The number of carbonyl (C=O) groups excluding carboxylic acids is 1. The lowest BCUT2D eigenvalue weighted by molar-refractivity contribution is -0.265. The van der Waals surface area contributed by atoms with Crippen LogP contribution in [0.1, 0.15) is 151 Å². The molecule has 0 aromatic carbocycles. The predicted octanol–water partition coefficient (Wildman–Crippen LogP) is 12.8. The van der Waals surface area contributed by atoms with Gasteiger partial charge in [-0.3, -0.25) is 4.89 Å². The Kier molecular flexibility index (Phi) is 29.7. The molecule has 43 heavy (non-hydrogen) atoms. The van der Waals surface area contributed by atoms with Crippen LogP contribution in [0, 0.1) is 17.8 Å². The summed E-state index contributed by atoms with van der Waals surface area (Å²) in [6.45, 7) is 14.1. The molecule has 3 nitrogen and oxygen atoms in total. The molecular formula is C40H68O3. The van der Waals surface area contributed by atoms with Crippen molar-refractivity contribution in [3.63, 3.8) is 0 Å². The summed E-state index contributed by atoms with van der Waals surface area (Å²) in [5, 5.41) is 0. The van der Waals surface area contributed by atoms with Crippen molar-refractivity contribution in [2.24, 2.45) is 17.8 Å². The molecular weight excluding hydrogens is 528 g/mol. The minimum Gasteiger partial charge on any atom is -0.298 e. The van der Waals surface area contributed by atoms with Gasteiger partial charge >= 0.3 is 5.97 Å². The van der Waals surface area contributed by atoms with Crippen LogP contribution in [0.4, 0.5) is 0 Å². The van der Waals surface area contributed by atoms with Gasteiger partial charge in [-0.1, -0.05) is 152 Å². The first-order valence-corrected chi connectivity index (χ1v) is 17.6. The van der Waals surface area contributed by atoms with Gasteiger partial charge in [-0.2, -0.15) is 4.89 Å². The van der Waals surface area contributed by atoms with Crippen molar-refractivity contribution in [2.45, 2.75) is 151 Å². The number of allylic oxidation sites excluding steroid dienone is 11. The first kappa shape index (κ1) is 40.9. The summed E-state index contributed by atoms with van der Waals surface area (Å²) in [5.41, 5.74) is 1.31. The molecule has 0 saturated carbocycles. The molecule has 0 aliphatic heterocycles. The molecule has 0 amide bonds. The normalized spacial score (nSPS) is 14.4. The molecule has 2 unspecified atom stereocenters. The van der Waals surface area contributed by atoms with E-state index in [0.717, 1.165) is 69.1 Å². The molecule has 0 spiro atoms.